The standard InChI is InChI=1S/C11H22O/c1-8(2)11(7-12,9(3)4)10(5)6/h7-10H,1-6H3. The zero-order valence-corrected chi connectivity index (χ0v) is 9.22. The second kappa shape index (κ2) is 4.06. The van der Waals surface area contributed by atoms with E-state index in [0.29, 0.717) is 17.8 Å². The highest BCUT2D eigenvalue weighted by molar-refractivity contribution is 5.60. The Labute approximate surface area is 76.6 Å². The Hall–Kier alpha value is -0.330. The number of hydrogen-bond donors (Lipinski definition) is 0. The molecular formula is C11H22O. The Morgan fingerprint density at radius 2 is 1.08 bits per heavy atom. The molecule has 0 N–H and O–H groups in total. The topological polar surface area (TPSA) is 17.1 Å². The molecule has 12 heavy (non-hydrogen) atoms. The van der Waals surface area contributed by atoms with Gasteiger partial charge >= 0.3 is 0 Å². The molecule has 0 aliphatic rings. The Kier molecular flexibility index (Phi) is 3.95. The lowest BCUT2D eigenvalue weighted by Crippen LogP contribution is -2.39. The van der Waals surface area contributed by atoms with Crippen LogP contribution in [0.15, 0.2) is 0 Å². The number of aldehydes is 1. The molecule has 0 unspecified atom stereocenters. The number of carbonyl (C=O) groups excluding carboxylic acids is 1. The van der Waals surface area contributed by atoms with Gasteiger partial charge in [-0.15, -0.1) is 0 Å². The van der Waals surface area contributed by atoms with Crippen molar-refractivity contribution in [3.8, 4) is 0 Å². The van der Waals surface area contributed by atoms with Gasteiger partial charge in [-0.1, -0.05) is 41.5 Å². The van der Waals surface area contributed by atoms with Gasteiger partial charge < -0.3 is 4.79 Å². The van der Waals surface area contributed by atoms with Gasteiger partial charge in [0, 0.05) is 5.41 Å². The predicted octanol–water partition coefficient (Wildman–Crippen LogP) is 3.14. The highest BCUT2D eigenvalue weighted by Gasteiger charge is 2.39. The maximum Gasteiger partial charge on any atom is 0.126 e. The van der Waals surface area contributed by atoms with Crippen molar-refractivity contribution in [3.63, 3.8) is 0 Å². The second-order valence-electron chi connectivity index (χ2n) is 4.58. The zero-order chi connectivity index (χ0) is 9.94. The minimum atomic E-state index is -0.139. The van der Waals surface area contributed by atoms with E-state index in [0.717, 1.165) is 6.29 Å². The molecule has 0 aliphatic heterocycles. The minimum absolute atomic E-state index is 0.139. The zero-order valence-electron chi connectivity index (χ0n) is 9.22. The summed E-state index contributed by atoms with van der Waals surface area (Å²) in [5.74, 6) is 1.28. The van der Waals surface area contributed by atoms with E-state index in [-0.39, 0.29) is 5.41 Å². The fraction of sp³-hybridized carbons (Fsp3) is 0.909. The number of carbonyl (C=O) groups is 1. The highest BCUT2D eigenvalue weighted by atomic mass is 16.1. The first-order valence-electron chi connectivity index (χ1n) is 4.85. The molecule has 0 heterocycles. The van der Waals surface area contributed by atoms with Crippen molar-refractivity contribution >= 4 is 6.29 Å². The normalized spacial score (nSPS) is 13.1. The van der Waals surface area contributed by atoms with Gasteiger partial charge in [0.15, 0.2) is 0 Å². The first-order valence-corrected chi connectivity index (χ1v) is 4.85. The summed E-state index contributed by atoms with van der Waals surface area (Å²) in [6, 6.07) is 0. The minimum Gasteiger partial charge on any atom is -0.303 e. The summed E-state index contributed by atoms with van der Waals surface area (Å²) in [5, 5.41) is 0. The smallest absolute Gasteiger partial charge is 0.126 e. The van der Waals surface area contributed by atoms with Crippen LogP contribution in [0.1, 0.15) is 41.5 Å². The van der Waals surface area contributed by atoms with E-state index in [1.165, 1.54) is 0 Å². The molecule has 0 aliphatic carbocycles. The second-order valence-corrected chi connectivity index (χ2v) is 4.58. The summed E-state index contributed by atoms with van der Waals surface area (Å²) in [5.41, 5.74) is -0.139. The fourth-order valence-corrected chi connectivity index (χ4v) is 2.41. The first-order chi connectivity index (χ1) is 5.39. The van der Waals surface area contributed by atoms with Gasteiger partial charge in [-0.25, -0.2) is 0 Å². The van der Waals surface area contributed by atoms with Gasteiger partial charge in [-0.2, -0.15) is 0 Å². The molecule has 0 aromatic heterocycles. The number of hydrogen-bond acceptors (Lipinski definition) is 1. The van der Waals surface area contributed by atoms with Gasteiger partial charge in [-0.3, -0.25) is 0 Å². The average molecular weight is 170 g/mol. The van der Waals surface area contributed by atoms with Crippen LogP contribution < -0.4 is 0 Å². The van der Waals surface area contributed by atoms with Gasteiger partial charge in [0.1, 0.15) is 6.29 Å². The Bertz CT molecular complexity index is 123. The van der Waals surface area contributed by atoms with Crippen LogP contribution >= 0.6 is 0 Å². The third-order valence-electron chi connectivity index (χ3n) is 3.20. The summed E-state index contributed by atoms with van der Waals surface area (Å²) in [7, 11) is 0. The van der Waals surface area contributed by atoms with Crippen LogP contribution in [-0.2, 0) is 4.79 Å². The van der Waals surface area contributed by atoms with E-state index in [2.05, 4.69) is 41.5 Å². The van der Waals surface area contributed by atoms with Crippen LogP contribution in [0, 0.1) is 23.2 Å². The SMILES string of the molecule is CC(C)C(C=O)(C(C)C)C(C)C. The molecule has 0 spiro atoms. The maximum atomic E-state index is 11.2. The molecule has 0 aromatic carbocycles. The van der Waals surface area contributed by atoms with Crippen LogP contribution in [0.5, 0.6) is 0 Å². The van der Waals surface area contributed by atoms with Gasteiger partial charge in [0.25, 0.3) is 0 Å². The number of rotatable bonds is 4. The quantitative estimate of drug-likeness (QED) is 0.592. The van der Waals surface area contributed by atoms with E-state index in [9.17, 15) is 4.79 Å². The third kappa shape index (κ3) is 1.70. The molecule has 0 atom stereocenters. The predicted molar refractivity (Wildman–Crippen MR) is 53.0 cm³/mol. The summed E-state index contributed by atoms with van der Waals surface area (Å²) in [6.45, 7) is 12.8. The monoisotopic (exact) mass is 170 g/mol. The van der Waals surface area contributed by atoms with Crippen molar-refractivity contribution < 1.29 is 4.79 Å². The molecule has 0 aromatic rings. The maximum absolute atomic E-state index is 11.2. The molecule has 0 saturated heterocycles. The van der Waals surface area contributed by atoms with Gasteiger partial charge in [0.05, 0.1) is 0 Å². The van der Waals surface area contributed by atoms with Crippen LogP contribution in [0.4, 0.5) is 0 Å². The highest BCUT2D eigenvalue weighted by Crippen LogP contribution is 2.40. The average Bonchev–Trinajstić information content (AvgIpc) is 1.86. The van der Waals surface area contributed by atoms with Crippen molar-refractivity contribution in [2.75, 3.05) is 0 Å². The van der Waals surface area contributed by atoms with Crippen molar-refractivity contribution in [2.24, 2.45) is 23.2 Å². The van der Waals surface area contributed by atoms with Crippen molar-refractivity contribution in [1.29, 1.82) is 0 Å². The van der Waals surface area contributed by atoms with Crippen molar-refractivity contribution in [3.05, 3.63) is 0 Å². The molecule has 0 radical (unpaired) electrons. The van der Waals surface area contributed by atoms with Gasteiger partial charge in [0.2, 0.25) is 0 Å². The lowest BCUT2D eigenvalue weighted by atomic mass is 9.63. The molecule has 1 nitrogen and oxygen atoms in total. The van der Waals surface area contributed by atoms with E-state index in [1.807, 2.05) is 0 Å². The molecule has 72 valence electrons. The van der Waals surface area contributed by atoms with E-state index in [4.69, 9.17) is 0 Å². The Morgan fingerprint density at radius 1 is 0.833 bits per heavy atom. The van der Waals surface area contributed by atoms with Crippen LogP contribution in [0.2, 0.25) is 0 Å². The molecule has 0 fully saturated rings. The molecule has 0 bridgehead atoms. The summed E-state index contributed by atoms with van der Waals surface area (Å²) < 4.78 is 0. The van der Waals surface area contributed by atoms with E-state index in [1.54, 1.807) is 0 Å². The third-order valence-corrected chi connectivity index (χ3v) is 3.20. The molecule has 1 heteroatoms. The van der Waals surface area contributed by atoms with Crippen molar-refractivity contribution in [1.82, 2.24) is 0 Å². The summed E-state index contributed by atoms with van der Waals surface area (Å²) in [6.07, 6.45) is 1.16. The van der Waals surface area contributed by atoms with Crippen molar-refractivity contribution in [2.45, 2.75) is 41.5 Å². The van der Waals surface area contributed by atoms with E-state index >= 15 is 0 Å². The lowest BCUT2D eigenvalue weighted by molar-refractivity contribution is -0.124. The fourth-order valence-electron chi connectivity index (χ4n) is 2.41. The first kappa shape index (κ1) is 11.7. The van der Waals surface area contributed by atoms with Crippen LogP contribution in [-0.4, -0.2) is 6.29 Å². The Morgan fingerprint density at radius 3 is 1.08 bits per heavy atom. The Balaban J connectivity index is 4.89. The largest absolute Gasteiger partial charge is 0.303 e. The molecule has 0 saturated carbocycles. The molecule has 0 amide bonds. The molecule has 0 rings (SSSR count). The summed E-state index contributed by atoms with van der Waals surface area (Å²) >= 11 is 0. The molecular weight excluding hydrogens is 148 g/mol. The summed E-state index contributed by atoms with van der Waals surface area (Å²) in [4.78, 5) is 11.2. The van der Waals surface area contributed by atoms with Crippen LogP contribution in [0.3, 0.4) is 0 Å². The lowest BCUT2D eigenvalue weighted by Gasteiger charge is -2.40. The van der Waals surface area contributed by atoms with Gasteiger partial charge in [-0.05, 0) is 17.8 Å². The van der Waals surface area contributed by atoms with E-state index < -0.39 is 0 Å². The van der Waals surface area contributed by atoms with Crippen LogP contribution in [0.25, 0.3) is 0 Å².